The first-order chi connectivity index (χ1) is 13.9. The van der Waals surface area contributed by atoms with E-state index in [2.05, 4.69) is 104 Å². The van der Waals surface area contributed by atoms with Crippen molar-refractivity contribution in [3.8, 4) is 0 Å². The zero-order chi connectivity index (χ0) is 19.4. The van der Waals surface area contributed by atoms with Crippen molar-refractivity contribution < 1.29 is 0 Å². The van der Waals surface area contributed by atoms with Crippen molar-refractivity contribution in [3.63, 3.8) is 0 Å². The standard InChI is InChI=1S/C26H29PTe/c1-2-3-4-12-21-26(28-25-19-13-7-14-20-25)22-27(23-15-8-5-9-16-23)24-17-10-6-11-18-24/h5-11,13-20,22H,2-4,12,21H2,1H3/b26-22+. The van der Waals surface area contributed by atoms with Crippen LogP contribution in [0, 0.1) is 0 Å². The molecule has 0 radical (unpaired) electrons. The van der Waals surface area contributed by atoms with E-state index in [0.29, 0.717) is 0 Å². The molecule has 0 nitrogen and oxygen atoms in total. The Hall–Kier alpha value is -1.38. The Morgan fingerprint density at radius 1 is 0.714 bits per heavy atom. The van der Waals surface area contributed by atoms with Gasteiger partial charge in [-0.2, -0.15) is 0 Å². The van der Waals surface area contributed by atoms with E-state index in [1.54, 1.807) is 7.23 Å². The van der Waals surface area contributed by atoms with Gasteiger partial charge in [0.1, 0.15) is 0 Å². The van der Waals surface area contributed by atoms with E-state index in [9.17, 15) is 0 Å². The monoisotopic (exact) mass is 502 g/mol. The summed E-state index contributed by atoms with van der Waals surface area (Å²) in [6.07, 6.45) is 6.59. The van der Waals surface area contributed by atoms with Crippen molar-refractivity contribution in [2.45, 2.75) is 39.0 Å². The molecule has 0 spiro atoms. The summed E-state index contributed by atoms with van der Waals surface area (Å²) < 4.78 is 3.26. The third kappa shape index (κ3) is 6.90. The fourth-order valence-electron chi connectivity index (χ4n) is 3.13. The van der Waals surface area contributed by atoms with Crippen molar-refractivity contribution in [1.82, 2.24) is 0 Å². The van der Waals surface area contributed by atoms with Gasteiger partial charge in [-0.25, -0.2) is 0 Å². The SMILES string of the molecule is CCCCCC/C(=C\P(c1ccccc1)c1ccccc1)[Te]c1ccccc1. The number of hydrogen-bond donors (Lipinski definition) is 0. The summed E-state index contributed by atoms with van der Waals surface area (Å²) in [6, 6.07) is 33.3. The van der Waals surface area contributed by atoms with Gasteiger partial charge in [0, 0.05) is 0 Å². The van der Waals surface area contributed by atoms with Gasteiger partial charge in [-0.3, -0.25) is 0 Å². The first kappa shape index (κ1) is 21.3. The van der Waals surface area contributed by atoms with E-state index < -0.39 is 7.92 Å². The van der Waals surface area contributed by atoms with Gasteiger partial charge in [0.2, 0.25) is 0 Å². The summed E-state index contributed by atoms with van der Waals surface area (Å²) >= 11 is -0.313. The second-order valence-electron chi connectivity index (χ2n) is 6.86. The molecule has 0 N–H and O–H groups in total. The maximum atomic E-state index is 2.65. The second-order valence-corrected chi connectivity index (χ2v) is 12.3. The van der Waals surface area contributed by atoms with Crippen molar-refractivity contribution in [3.05, 3.63) is 100 Å². The summed E-state index contributed by atoms with van der Waals surface area (Å²) in [7, 11) is -0.440. The first-order valence-corrected chi connectivity index (χ1v) is 13.9. The third-order valence-electron chi connectivity index (χ3n) is 4.61. The molecule has 0 heterocycles. The minimum absolute atomic E-state index is 0.313. The number of rotatable bonds is 10. The number of benzene rings is 3. The quantitative estimate of drug-likeness (QED) is 0.183. The van der Waals surface area contributed by atoms with Crippen LogP contribution in [0.5, 0.6) is 0 Å². The van der Waals surface area contributed by atoms with Gasteiger partial charge in [-0.05, 0) is 0 Å². The molecule has 0 amide bonds. The molecule has 3 rings (SSSR count). The summed E-state index contributed by atoms with van der Waals surface area (Å²) in [5.41, 5.74) is 0. The Balaban J connectivity index is 1.90. The van der Waals surface area contributed by atoms with Gasteiger partial charge in [0.25, 0.3) is 0 Å². The number of unbranched alkanes of at least 4 members (excludes halogenated alkanes) is 3. The van der Waals surface area contributed by atoms with Crippen LogP contribution in [0.3, 0.4) is 0 Å². The molecule has 0 aliphatic carbocycles. The van der Waals surface area contributed by atoms with Crippen LogP contribution < -0.4 is 14.2 Å². The molecule has 28 heavy (non-hydrogen) atoms. The molecule has 3 aromatic carbocycles. The van der Waals surface area contributed by atoms with Crippen molar-refractivity contribution in [2.24, 2.45) is 0 Å². The Morgan fingerprint density at radius 3 is 1.79 bits per heavy atom. The van der Waals surface area contributed by atoms with E-state index in [1.165, 1.54) is 42.7 Å². The van der Waals surface area contributed by atoms with Crippen LogP contribution in [0.2, 0.25) is 0 Å². The minimum atomic E-state index is -0.440. The average Bonchev–Trinajstić information content (AvgIpc) is 2.76. The fourth-order valence-corrected chi connectivity index (χ4v) is 8.94. The van der Waals surface area contributed by atoms with Crippen molar-refractivity contribution in [2.75, 3.05) is 0 Å². The third-order valence-corrected chi connectivity index (χ3v) is 10.5. The molecule has 0 atom stereocenters. The molecule has 0 bridgehead atoms. The topological polar surface area (TPSA) is 0 Å². The van der Waals surface area contributed by atoms with Crippen LogP contribution in [0.1, 0.15) is 39.0 Å². The first-order valence-electron chi connectivity index (χ1n) is 10.2. The average molecular weight is 500 g/mol. The van der Waals surface area contributed by atoms with E-state index in [1.807, 2.05) is 0 Å². The van der Waals surface area contributed by atoms with Gasteiger partial charge < -0.3 is 0 Å². The van der Waals surface area contributed by atoms with E-state index in [0.717, 1.165) is 0 Å². The van der Waals surface area contributed by atoms with E-state index in [4.69, 9.17) is 0 Å². The Morgan fingerprint density at radius 2 is 1.25 bits per heavy atom. The molecule has 0 saturated heterocycles. The molecule has 0 aliphatic heterocycles. The number of hydrogen-bond acceptors (Lipinski definition) is 0. The summed E-state index contributed by atoms with van der Waals surface area (Å²) in [5, 5.41) is 2.91. The molecule has 3 aromatic rings. The number of allylic oxidation sites excluding steroid dienone is 1. The molecular weight excluding hydrogens is 471 g/mol. The van der Waals surface area contributed by atoms with Gasteiger partial charge >= 0.3 is 183 Å². The Kier molecular flexibility index (Phi) is 9.32. The molecule has 144 valence electrons. The second kappa shape index (κ2) is 12.2. The fraction of sp³-hybridized carbons (Fsp3) is 0.231. The maximum absolute atomic E-state index is 2.65. The van der Waals surface area contributed by atoms with Crippen LogP contribution in [-0.2, 0) is 0 Å². The van der Waals surface area contributed by atoms with E-state index >= 15 is 0 Å². The molecular formula is C26H29PTe. The van der Waals surface area contributed by atoms with Crippen molar-refractivity contribution >= 4 is 43.1 Å². The predicted octanol–water partition coefficient (Wildman–Crippen LogP) is 5.96. The Bertz CT molecular complexity index is 789. The molecule has 0 saturated carbocycles. The van der Waals surface area contributed by atoms with Crippen LogP contribution in [0.25, 0.3) is 0 Å². The Labute approximate surface area is 181 Å². The molecule has 0 aromatic heterocycles. The molecule has 0 unspecified atom stereocenters. The van der Waals surface area contributed by atoms with Crippen LogP contribution in [-0.4, -0.2) is 20.9 Å². The molecule has 0 fully saturated rings. The van der Waals surface area contributed by atoms with E-state index in [-0.39, 0.29) is 20.9 Å². The van der Waals surface area contributed by atoms with Crippen LogP contribution in [0.4, 0.5) is 0 Å². The zero-order valence-electron chi connectivity index (χ0n) is 16.6. The summed E-state index contributed by atoms with van der Waals surface area (Å²) in [5.74, 6) is 2.65. The van der Waals surface area contributed by atoms with Gasteiger partial charge in [0.15, 0.2) is 0 Å². The van der Waals surface area contributed by atoms with Gasteiger partial charge in [-0.15, -0.1) is 0 Å². The van der Waals surface area contributed by atoms with Crippen molar-refractivity contribution in [1.29, 1.82) is 0 Å². The normalized spacial score (nSPS) is 11.7. The molecule has 2 heteroatoms. The zero-order valence-corrected chi connectivity index (χ0v) is 19.9. The van der Waals surface area contributed by atoms with Crippen LogP contribution >= 0.6 is 7.92 Å². The summed E-state index contributed by atoms with van der Waals surface area (Å²) in [6.45, 7) is 2.29. The predicted molar refractivity (Wildman–Crippen MR) is 128 cm³/mol. The van der Waals surface area contributed by atoms with Gasteiger partial charge in [-0.1, -0.05) is 0 Å². The summed E-state index contributed by atoms with van der Waals surface area (Å²) in [4.78, 5) is 0. The van der Waals surface area contributed by atoms with Crippen LogP contribution in [0.15, 0.2) is 100 Å². The molecule has 0 aliphatic rings. The van der Waals surface area contributed by atoms with Gasteiger partial charge in [0.05, 0.1) is 0 Å².